The summed E-state index contributed by atoms with van der Waals surface area (Å²) >= 11 is 1.59. The summed E-state index contributed by atoms with van der Waals surface area (Å²) in [5.41, 5.74) is -0.0960. The zero-order chi connectivity index (χ0) is 11.3. The van der Waals surface area contributed by atoms with Gasteiger partial charge in [-0.05, 0) is 20.4 Å². The van der Waals surface area contributed by atoms with Crippen LogP contribution in [0.15, 0.2) is 22.2 Å². The molecule has 15 heavy (non-hydrogen) atoms. The van der Waals surface area contributed by atoms with Crippen LogP contribution in [0.5, 0.6) is 0 Å². The fraction of sp³-hybridized carbons (Fsp3) is 0.600. The Morgan fingerprint density at radius 1 is 1.60 bits per heavy atom. The van der Waals surface area contributed by atoms with Crippen molar-refractivity contribution >= 4 is 11.8 Å². The number of rotatable bonds is 5. The third-order valence-corrected chi connectivity index (χ3v) is 3.16. The average Bonchev–Trinajstić information content (AvgIpc) is 2.17. The van der Waals surface area contributed by atoms with Crippen LogP contribution in [0, 0.1) is 0 Å². The molecule has 0 radical (unpaired) electrons. The molecule has 1 rings (SSSR count). The molecule has 0 aliphatic rings. The summed E-state index contributed by atoms with van der Waals surface area (Å²) in [4.78, 5) is 17.8. The zero-order valence-electron chi connectivity index (χ0n) is 9.28. The van der Waals surface area contributed by atoms with Gasteiger partial charge in [0.15, 0.2) is 5.16 Å². The molecule has 0 bridgehead atoms. The van der Waals surface area contributed by atoms with Gasteiger partial charge in [0.2, 0.25) is 0 Å². The van der Waals surface area contributed by atoms with E-state index in [-0.39, 0.29) is 5.56 Å². The maximum absolute atomic E-state index is 11.0. The second-order valence-electron chi connectivity index (χ2n) is 3.59. The summed E-state index contributed by atoms with van der Waals surface area (Å²) in [6.45, 7) is 4.27. The van der Waals surface area contributed by atoms with Crippen LogP contribution >= 0.6 is 11.8 Å². The molecular weight excluding hydrogens is 210 g/mol. The highest BCUT2D eigenvalue weighted by molar-refractivity contribution is 7.99. The standard InChI is InChI=1S/C10H17N3OS/c1-7(11-3)6-8(2)15-10-12-5-4-9(14)13-10/h4-5,7-8,11H,6H2,1-3H3,(H,12,13,14). The Morgan fingerprint density at radius 2 is 2.33 bits per heavy atom. The Labute approximate surface area is 93.9 Å². The minimum Gasteiger partial charge on any atom is -0.317 e. The van der Waals surface area contributed by atoms with Crippen molar-refractivity contribution in [1.29, 1.82) is 0 Å². The third-order valence-electron chi connectivity index (χ3n) is 2.14. The maximum atomic E-state index is 11.0. The second-order valence-corrected chi connectivity index (χ2v) is 5.02. The highest BCUT2D eigenvalue weighted by Gasteiger charge is 2.09. The number of thioether (sulfide) groups is 1. The normalized spacial score (nSPS) is 14.9. The molecule has 0 aliphatic heterocycles. The van der Waals surface area contributed by atoms with Gasteiger partial charge in [-0.25, -0.2) is 4.98 Å². The fourth-order valence-electron chi connectivity index (χ4n) is 1.27. The molecule has 0 aliphatic carbocycles. The van der Waals surface area contributed by atoms with Crippen LogP contribution in [-0.4, -0.2) is 28.3 Å². The Balaban J connectivity index is 2.51. The molecule has 0 fully saturated rings. The lowest BCUT2D eigenvalue weighted by molar-refractivity contribution is 0.563. The first-order valence-electron chi connectivity index (χ1n) is 5.01. The summed E-state index contributed by atoms with van der Waals surface area (Å²) in [5.74, 6) is 0. The number of hydrogen-bond acceptors (Lipinski definition) is 4. The first kappa shape index (κ1) is 12.3. The van der Waals surface area contributed by atoms with Crippen molar-refractivity contribution in [3.63, 3.8) is 0 Å². The van der Waals surface area contributed by atoms with Gasteiger partial charge in [-0.2, -0.15) is 0 Å². The largest absolute Gasteiger partial charge is 0.317 e. The van der Waals surface area contributed by atoms with Gasteiger partial charge in [-0.3, -0.25) is 4.79 Å². The Kier molecular flexibility index (Phi) is 4.84. The number of nitrogens with one attached hydrogen (secondary N) is 2. The van der Waals surface area contributed by atoms with Gasteiger partial charge < -0.3 is 10.3 Å². The monoisotopic (exact) mass is 227 g/mol. The molecule has 0 saturated carbocycles. The molecule has 2 atom stereocenters. The topological polar surface area (TPSA) is 57.8 Å². The summed E-state index contributed by atoms with van der Waals surface area (Å²) in [6.07, 6.45) is 2.58. The summed E-state index contributed by atoms with van der Waals surface area (Å²) in [6, 6.07) is 1.90. The molecule has 0 amide bonds. The molecule has 0 spiro atoms. The molecule has 2 N–H and O–H groups in total. The van der Waals surface area contributed by atoms with Crippen molar-refractivity contribution in [1.82, 2.24) is 15.3 Å². The van der Waals surface area contributed by atoms with Crippen LogP contribution in [0.4, 0.5) is 0 Å². The Bertz CT molecular complexity index is 353. The van der Waals surface area contributed by atoms with E-state index in [1.807, 2.05) is 7.05 Å². The van der Waals surface area contributed by atoms with E-state index in [0.717, 1.165) is 6.42 Å². The number of H-pyrrole nitrogens is 1. The van der Waals surface area contributed by atoms with Gasteiger partial charge in [-0.1, -0.05) is 18.7 Å². The molecule has 0 saturated heterocycles. The number of aromatic amines is 1. The lowest BCUT2D eigenvalue weighted by Crippen LogP contribution is -2.24. The fourth-order valence-corrected chi connectivity index (χ4v) is 2.31. The lowest BCUT2D eigenvalue weighted by Gasteiger charge is -2.15. The van der Waals surface area contributed by atoms with Crippen LogP contribution in [0.25, 0.3) is 0 Å². The zero-order valence-corrected chi connectivity index (χ0v) is 10.1. The van der Waals surface area contributed by atoms with Crippen molar-refractivity contribution in [3.05, 3.63) is 22.6 Å². The van der Waals surface area contributed by atoms with Crippen LogP contribution in [-0.2, 0) is 0 Å². The van der Waals surface area contributed by atoms with Gasteiger partial charge >= 0.3 is 0 Å². The molecule has 0 aromatic carbocycles. The van der Waals surface area contributed by atoms with Crippen molar-refractivity contribution in [2.24, 2.45) is 0 Å². The van der Waals surface area contributed by atoms with Crippen LogP contribution in [0.3, 0.4) is 0 Å². The molecular formula is C10H17N3OS. The van der Waals surface area contributed by atoms with Crippen LogP contribution in [0.2, 0.25) is 0 Å². The number of nitrogens with zero attached hydrogens (tertiary/aromatic N) is 1. The number of aromatic nitrogens is 2. The molecule has 2 unspecified atom stereocenters. The predicted molar refractivity (Wildman–Crippen MR) is 63.3 cm³/mol. The second kappa shape index (κ2) is 5.92. The quantitative estimate of drug-likeness (QED) is 0.587. The maximum Gasteiger partial charge on any atom is 0.251 e. The van der Waals surface area contributed by atoms with Crippen molar-refractivity contribution in [2.75, 3.05) is 7.05 Å². The smallest absolute Gasteiger partial charge is 0.251 e. The van der Waals surface area contributed by atoms with Gasteiger partial charge in [0.05, 0.1) is 0 Å². The summed E-state index contributed by atoms with van der Waals surface area (Å²) < 4.78 is 0. The lowest BCUT2D eigenvalue weighted by atomic mass is 10.2. The van der Waals surface area contributed by atoms with E-state index in [9.17, 15) is 4.79 Å². The van der Waals surface area contributed by atoms with Gasteiger partial charge in [0.1, 0.15) is 0 Å². The Morgan fingerprint density at radius 3 is 2.93 bits per heavy atom. The molecule has 1 aromatic heterocycles. The minimum absolute atomic E-state index is 0.0960. The van der Waals surface area contributed by atoms with E-state index < -0.39 is 0 Å². The summed E-state index contributed by atoms with van der Waals surface area (Å²) in [5, 5.41) is 4.31. The average molecular weight is 227 g/mol. The molecule has 84 valence electrons. The van der Waals surface area contributed by atoms with E-state index in [0.29, 0.717) is 16.4 Å². The summed E-state index contributed by atoms with van der Waals surface area (Å²) in [7, 11) is 1.95. The third kappa shape index (κ3) is 4.48. The van der Waals surface area contributed by atoms with E-state index in [1.165, 1.54) is 12.3 Å². The van der Waals surface area contributed by atoms with E-state index in [4.69, 9.17) is 0 Å². The first-order valence-corrected chi connectivity index (χ1v) is 5.89. The van der Waals surface area contributed by atoms with Crippen molar-refractivity contribution < 1.29 is 0 Å². The molecule has 1 heterocycles. The molecule has 1 aromatic rings. The number of hydrogen-bond donors (Lipinski definition) is 2. The first-order chi connectivity index (χ1) is 7.11. The van der Waals surface area contributed by atoms with Crippen molar-refractivity contribution in [3.8, 4) is 0 Å². The molecule has 4 nitrogen and oxygen atoms in total. The van der Waals surface area contributed by atoms with Crippen LogP contribution < -0.4 is 10.9 Å². The minimum atomic E-state index is -0.0960. The van der Waals surface area contributed by atoms with Gasteiger partial charge in [0, 0.05) is 23.6 Å². The van der Waals surface area contributed by atoms with Crippen LogP contribution in [0.1, 0.15) is 20.3 Å². The van der Waals surface area contributed by atoms with Crippen molar-refractivity contribution in [2.45, 2.75) is 36.7 Å². The highest BCUT2D eigenvalue weighted by atomic mass is 32.2. The van der Waals surface area contributed by atoms with E-state index in [1.54, 1.807) is 11.8 Å². The van der Waals surface area contributed by atoms with Gasteiger partial charge in [0.25, 0.3) is 5.56 Å². The Hall–Kier alpha value is -0.810. The predicted octanol–water partition coefficient (Wildman–Crippen LogP) is 1.25. The highest BCUT2D eigenvalue weighted by Crippen LogP contribution is 2.21. The van der Waals surface area contributed by atoms with E-state index in [2.05, 4.69) is 29.1 Å². The molecule has 5 heteroatoms. The van der Waals surface area contributed by atoms with Gasteiger partial charge in [-0.15, -0.1) is 0 Å². The SMILES string of the molecule is CNC(C)CC(C)Sc1nccc(=O)[nH]1. The van der Waals surface area contributed by atoms with E-state index >= 15 is 0 Å².